The van der Waals surface area contributed by atoms with Crippen molar-refractivity contribution in [2.24, 2.45) is 0 Å². The lowest BCUT2D eigenvalue weighted by atomic mass is 10.1. The summed E-state index contributed by atoms with van der Waals surface area (Å²) in [6.45, 7) is 8.67. The first-order valence-electron chi connectivity index (χ1n) is 11.9. The van der Waals surface area contributed by atoms with Gasteiger partial charge in [-0.2, -0.15) is 9.97 Å². The van der Waals surface area contributed by atoms with Gasteiger partial charge in [-0.05, 0) is 49.6 Å². The number of phenols is 1. The van der Waals surface area contributed by atoms with Crippen molar-refractivity contribution in [2.45, 2.75) is 39.7 Å². The fraction of sp³-hybridized carbons (Fsp3) is 0.480. The smallest absolute Gasteiger partial charge is 0.229 e. The van der Waals surface area contributed by atoms with Crippen molar-refractivity contribution in [2.75, 3.05) is 49.2 Å². The summed E-state index contributed by atoms with van der Waals surface area (Å²) in [4.78, 5) is 19.2. The summed E-state index contributed by atoms with van der Waals surface area (Å²) >= 11 is 0. The molecule has 0 atom stereocenters. The van der Waals surface area contributed by atoms with E-state index in [9.17, 15) is 10.2 Å². The van der Waals surface area contributed by atoms with E-state index in [1.54, 1.807) is 18.2 Å². The van der Waals surface area contributed by atoms with Gasteiger partial charge in [0.2, 0.25) is 5.95 Å². The number of pyridine rings is 1. The van der Waals surface area contributed by atoms with Crippen LogP contribution in [0.2, 0.25) is 0 Å². The Hall–Kier alpha value is -2.97. The fourth-order valence-electron chi connectivity index (χ4n) is 4.27. The normalized spacial score (nSPS) is 16.5. The molecule has 0 spiro atoms. The maximum atomic E-state index is 9.89. The minimum absolute atomic E-state index is 0.0800. The van der Waals surface area contributed by atoms with Crippen LogP contribution in [0, 0.1) is 0 Å². The lowest BCUT2D eigenvalue weighted by Crippen LogP contribution is -2.38. The van der Waals surface area contributed by atoms with Crippen molar-refractivity contribution in [3.63, 3.8) is 0 Å². The van der Waals surface area contributed by atoms with Gasteiger partial charge in [0.1, 0.15) is 11.6 Å². The molecule has 0 amide bonds. The summed E-state index contributed by atoms with van der Waals surface area (Å²) in [6.07, 6.45) is 3.55. The number of aromatic hydroxyl groups is 1. The molecule has 1 aromatic carbocycles. The number of aliphatic hydroxyl groups is 1. The van der Waals surface area contributed by atoms with Gasteiger partial charge in [0.25, 0.3) is 0 Å². The van der Waals surface area contributed by atoms with Gasteiger partial charge in [-0.15, -0.1) is 0 Å². The third kappa shape index (κ3) is 5.02. The molecule has 5 rings (SSSR count). The van der Waals surface area contributed by atoms with Crippen LogP contribution in [0.25, 0.3) is 22.3 Å². The lowest BCUT2D eigenvalue weighted by molar-refractivity contribution is 0.122. The topological polar surface area (TPSA) is 94.8 Å². The Morgan fingerprint density at radius 2 is 1.64 bits per heavy atom. The van der Waals surface area contributed by atoms with Crippen LogP contribution in [0.1, 0.15) is 38.7 Å². The number of benzene rings is 1. The van der Waals surface area contributed by atoms with E-state index in [2.05, 4.69) is 9.80 Å². The van der Waals surface area contributed by atoms with E-state index < -0.39 is 0 Å². The third-order valence-electron chi connectivity index (χ3n) is 6.02. The summed E-state index contributed by atoms with van der Waals surface area (Å²) < 4.78 is 5.54. The molecule has 176 valence electrons. The second-order valence-corrected chi connectivity index (χ2v) is 8.06. The van der Waals surface area contributed by atoms with E-state index in [1.165, 1.54) is 6.42 Å². The number of morpholine rings is 1. The third-order valence-corrected chi connectivity index (χ3v) is 6.02. The minimum atomic E-state index is -0.226. The maximum absolute atomic E-state index is 9.89. The van der Waals surface area contributed by atoms with Gasteiger partial charge in [-0.3, -0.25) is 0 Å². The molecule has 2 aliphatic rings. The first kappa shape index (κ1) is 23.2. The molecule has 0 saturated carbocycles. The monoisotopic (exact) mass is 451 g/mol. The lowest BCUT2D eigenvalue weighted by Gasteiger charge is -2.31. The quantitative estimate of drug-likeness (QED) is 0.619. The highest BCUT2D eigenvalue weighted by Crippen LogP contribution is 2.31. The Balaban J connectivity index is 0.00000126. The second-order valence-electron chi connectivity index (χ2n) is 8.06. The Kier molecular flexibility index (Phi) is 7.57. The first-order valence-corrected chi connectivity index (χ1v) is 11.9. The van der Waals surface area contributed by atoms with Gasteiger partial charge in [0, 0.05) is 37.3 Å². The molecule has 2 aliphatic heterocycles. The number of nitrogens with zero attached hydrogens (tertiary/aromatic N) is 5. The molecular weight excluding hydrogens is 418 g/mol. The molecule has 0 radical (unpaired) electrons. The molecule has 3 aromatic rings. The second kappa shape index (κ2) is 10.8. The number of aromatic nitrogens is 3. The zero-order chi connectivity index (χ0) is 23.2. The van der Waals surface area contributed by atoms with Crippen LogP contribution < -0.4 is 9.80 Å². The molecule has 0 bridgehead atoms. The molecular formula is C25H33N5O3. The average Bonchev–Trinajstić information content (AvgIpc) is 2.90. The van der Waals surface area contributed by atoms with Crippen molar-refractivity contribution in [1.29, 1.82) is 0 Å². The van der Waals surface area contributed by atoms with Crippen LogP contribution in [-0.2, 0) is 11.3 Å². The fourth-order valence-corrected chi connectivity index (χ4v) is 4.27. The summed E-state index contributed by atoms with van der Waals surface area (Å²) in [5.74, 6) is 1.73. The number of aliphatic hydroxyl groups excluding tert-OH is 1. The number of hydrogen-bond acceptors (Lipinski definition) is 8. The van der Waals surface area contributed by atoms with Crippen molar-refractivity contribution >= 4 is 22.8 Å². The number of fused-ring (bicyclic) bond motifs is 1. The Morgan fingerprint density at radius 3 is 2.36 bits per heavy atom. The zero-order valence-electron chi connectivity index (χ0n) is 19.5. The number of anilines is 2. The van der Waals surface area contributed by atoms with Crippen LogP contribution in [0.4, 0.5) is 11.8 Å². The van der Waals surface area contributed by atoms with E-state index in [1.807, 2.05) is 26.0 Å². The molecule has 2 aromatic heterocycles. The van der Waals surface area contributed by atoms with Gasteiger partial charge >= 0.3 is 0 Å². The summed E-state index contributed by atoms with van der Waals surface area (Å²) in [7, 11) is 0. The first-order chi connectivity index (χ1) is 16.2. The number of rotatable bonds is 4. The van der Waals surface area contributed by atoms with Crippen LogP contribution in [0.5, 0.6) is 5.75 Å². The zero-order valence-corrected chi connectivity index (χ0v) is 19.5. The molecule has 8 heteroatoms. The molecule has 2 N–H and O–H groups in total. The molecule has 33 heavy (non-hydrogen) atoms. The van der Waals surface area contributed by atoms with E-state index >= 15 is 0 Å². The number of piperidine rings is 1. The van der Waals surface area contributed by atoms with Crippen LogP contribution in [0.15, 0.2) is 30.3 Å². The van der Waals surface area contributed by atoms with E-state index in [0.717, 1.165) is 67.4 Å². The van der Waals surface area contributed by atoms with Crippen molar-refractivity contribution in [1.82, 2.24) is 15.0 Å². The Morgan fingerprint density at radius 1 is 0.879 bits per heavy atom. The van der Waals surface area contributed by atoms with Crippen LogP contribution >= 0.6 is 0 Å². The van der Waals surface area contributed by atoms with Crippen molar-refractivity contribution in [3.05, 3.63) is 35.9 Å². The largest absolute Gasteiger partial charge is 0.508 e. The highest BCUT2D eigenvalue weighted by molar-refractivity contribution is 5.90. The van der Waals surface area contributed by atoms with E-state index in [0.29, 0.717) is 24.4 Å². The molecule has 8 nitrogen and oxygen atoms in total. The Labute approximate surface area is 194 Å². The van der Waals surface area contributed by atoms with Gasteiger partial charge in [0.05, 0.1) is 30.9 Å². The van der Waals surface area contributed by atoms with E-state index in [-0.39, 0.29) is 12.4 Å². The summed E-state index contributed by atoms with van der Waals surface area (Å²) in [5, 5.41) is 20.3. The summed E-state index contributed by atoms with van der Waals surface area (Å²) in [5.41, 5.74) is 2.71. The van der Waals surface area contributed by atoms with Gasteiger partial charge in [0.15, 0.2) is 5.65 Å². The van der Waals surface area contributed by atoms with Gasteiger partial charge < -0.3 is 24.7 Å². The van der Waals surface area contributed by atoms with Crippen molar-refractivity contribution in [3.8, 4) is 17.0 Å². The highest BCUT2D eigenvalue weighted by atomic mass is 16.5. The predicted molar refractivity (Wildman–Crippen MR) is 131 cm³/mol. The highest BCUT2D eigenvalue weighted by Gasteiger charge is 2.22. The number of hydrogen-bond donors (Lipinski definition) is 2. The van der Waals surface area contributed by atoms with Crippen molar-refractivity contribution < 1.29 is 14.9 Å². The van der Waals surface area contributed by atoms with Crippen LogP contribution in [-0.4, -0.2) is 64.6 Å². The molecule has 4 heterocycles. The Bertz CT molecular complexity index is 1080. The molecule has 0 unspecified atom stereocenters. The maximum Gasteiger partial charge on any atom is 0.229 e. The molecule has 2 saturated heterocycles. The van der Waals surface area contributed by atoms with E-state index in [4.69, 9.17) is 19.7 Å². The van der Waals surface area contributed by atoms with Gasteiger partial charge in [-0.1, -0.05) is 13.8 Å². The minimum Gasteiger partial charge on any atom is -0.508 e. The average molecular weight is 452 g/mol. The predicted octanol–water partition coefficient (Wildman–Crippen LogP) is 3.74. The number of ether oxygens (including phenoxy) is 1. The van der Waals surface area contributed by atoms with Gasteiger partial charge in [-0.25, -0.2) is 4.98 Å². The SMILES string of the molecule is CC.OCc1cc(-c2ccc3c(N4CCOCC4)nc(N4CCCCC4)nc3n2)ccc1O. The molecule has 2 fully saturated rings. The summed E-state index contributed by atoms with van der Waals surface area (Å²) in [6, 6.07) is 9.13. The molecule has 0 aliphatic carbocycles. The standard InChI is InChI=1S/C23H27N5O3.C2H6/c29-15-17-14-16(4-7-20(17)30)19-6-5-18-21(24-19)25-23(28-8-2-1-3-9-28)26-22(18)27-10-12-31-13-11-27;1-2/h4-7,14,29-30H,1-3,8-13,15H2;1-2H3. The van der Waals surface area contributed by atoms with Crippen LogP contribution in [0.3, 0.4) is 0 Å².